The van der Waals surface area contributed by atoms with E-state index in [1.165, 1.54) is 0 Å². The topological polar surface area (TPSA) is 69.6 Å². The molecule has 0 aliphatic rings. The molecule has 1 amide bonds. The number of amides is 1. The third-order valence-corrected chi connectivity index (χ3v) is 2.50. The molecule has 0 saturated heterocycles. The Labute approximate surface area is 99.7 Å². The molecule has 0 aromatic heterocycles. The van der Waals surface area contributed by atoms with Crippen molar-refractivity contribution in [2.24, 2.45) is 0 Å². The summed E-state index contributed by atoms with van der Waals surface area (Å²) in [5.74, 6) is -0.346. The van der Waals surface area contributed by atoms with E-state index in [0.29, 0.717) is 10.5 Å². The number of hydrogen-bond acceptors (Lipinski definition) is 4. The van der Waals surface area contributed by atoms with Crippen LogP contribution in [0, 0.1) is 0 Å². The second-order valence-electron chi connectivity index (χ2n) is 3.88. The van der Waals surface area contributed by atoms with Crippen LogP contribution >= 0.6 is 12.6 Å². The van der Waals surface area contributed by atoms with E-state index in [4.69, 9.17) is 10.2 Å². The highest BCUT2D eigenvalue weighted by molar-refractivity contribution is 7.80. The second-order valence-corrected chi connectivity index (χ2v) is 4.40. The lowest BCUT2D eigenvalue weighted by Gasteiger charge is -2.26. The summed E-state index contributed by atoms with van der Waals surface area (Å²) in [5.41, 5.74) is -0.565. The second kappa shape index (κ2) is 5.34. The van der Waals surface area contributed by atoms with Crippen molar-refractivity contribution < 1.29 is 15.0 Å². The average Bonchev–Trinajstić information content (AvgIpc) is 2.29. The van der Waals surface area contributed by atoms with Crippen LogP contribution < -0.4 is 5.32 Å². The zero-order chi connectivity index (χ0) is 12.2. The zero-order valence-electron chi connectivity index (χ0n) is 8.97. The van der Waals surface area contributed by atoms with Crippen LogP contribution in [0.5, 0.6) is 0 Å². The van der Waals surface area contributed by atoms with Crippen molar-refractivity contribution in [1.29, 1.82) is 0 Å². The lowest BCUT2D eigenvalue weighted by molar-refractivity contribution is 0.0723. The van der Waals surface area contributed by atoms with Gasteiger partial charge >= 0.3 is 0 Å². The van der Waals surface area contributed by atoms with Crippen LogP contribution in [0.15, 0.2) is 29.2 Å². The number of aliphatic hydroxyl groups is 2. The quantitative estimate of drug-likeness (QED) is 0.578. The van der Waals surface area contributed by atoms with Gasteiger partial charge in [-0.1, -0.05) is 6.07 Å². The minimum atomic E-state index is -1.01. The number of hydrogen-bond donors (Lipinski definition) is 4. The summed E-state index contributed by atoms with van der Waals surface area (Å²) >= 11 is 4.13. The standard InChI is InChI=1S/C11H15NO3S/c1-11(6-13,7-14)12-10(15)8-3-2-4-9(16)5-8/h2-5,13-14,16H,6-7H2,1H3,(H,12,15). The van der Waals surface area contributed by atoms with E-state index in [-0.39, 0.29) is 19.1 Å². The fourth-order valence-electron chi connectivity index (χ4n) is 1.12. The number of nitrogens with one attached hydrogen (secondary N) is 1. The Morgan fingerprint density at radius 3 is 2.56 bits per heavy atom. The van der Waals surface area contributed by atoms with Crippen molar-refractivity contribution in [3.05, 3.63) is 29.8 Å². The summed E-state index contributed by atoms with van der Waals surface area (Å²) in [6, 6.07) is 6.74. The summed E-state index contributed by atoms with van der Waals surface area (Å²) in [6.07, 6.45) is 0. The molecule has 0 saturated carbocycles. The van der Waals surface area contributed by atoms with Crippen molar-refractivity contribution in [3.63, 3.8) is 0 Å². The maximum absolute atomic E-state index is 11.8. The summed E-state index contributed by atoms with van der Waals surface area (Å²) < 4.78 is 0. The lowest BCUT2D eigenvalue weighted by Crippen LogP contribution is -2.51. The minimum absolute atomic E-state index is 0.324. The normalized spacial score (nSPS) is 11.2. The highest BCUT2D eigenvalue weighted by Gasteiger charge is 2.24. The first-order valence-electron chi connectivity index (χ1n) is 4.84. The molecule has 0 bridgehead atoms. The van der Waals surface area contributed by atoms with Gasteiger partial charge in [0.15, 0.2) is 0 Å². The molecule has 0 aliphatic heterocycles. The van der Waals surface area contributed by atoms with Crippen LogP contribution in [0.3, 0.4) is 0 Å². The van der Waals surface area contributed by atoms with Crippen molar-refractivity contribution >= 4 is 18.5 Å². The van der Waals surface area contributed by atoms with Crippen LogP contribution in [0.25, 0.3) is 0 Å². The number of carbonyl (C=O) groups excluding carboxylic acids is 1. The van der Waals surface area contributed by atoms with Crippen LogP contribution in [0.4, 0.5) is 0 Å². The SMILES string of the molecule is CC(CO)(CO)NC(=O)c1cccc(S)c1. The highest BCUT2D eigenvalue weighted by atomic mass is 32.1. The first kappa shape index (κ1) is 13.0. The molecule has 0 heterocycles. The molecule has 0 aliphatic carbocycles. The summed E-state index contributed by atoms with van der Waals surface area (Å²) in [6.45, 7) is 0.918. The van der Waals surface area contributed by atoms with Crippen LogP contribution in [-0.2, 0) is 0 Å². The molecule has 4 nitrogen and oxygen atoms in total. The van der Waals surface area contributed by atoms with Gasteiger partial charge in [0.25, 0.3) is 5.91 Å². The zero-order valence-corrected chi connectivity index (χ0v) is 9.87. The summed E-state index contributed by atoms with van der Waals surface area (Å²) in [7, 11) is 0. The van der Waals surface area contributed by atoms with Crippen LogP contribution in [-0.4, -0.2) is 34.9 Å². The molecular formula is C11H15NO3S. The van der Waals surface area contributed by atoms with Crippen molar-refractivity contribution in [1.82, 2.24) is 5.32 Å². The molecule has 0 unspecified atom stereocenters. The summed E-state index contributed by atoms with van der Waals surface area (Å²) in [4.78, 5) is 12.4. The Bertz CT molecular complexity index is 377. The molecule has 5 heteroatoms. The van der Waals surface area contributed by atoms with Gasteiger partial charge in [0, 0.05) is 10.5 Å². The molecule has 0 atom stereocenters. The molecule has 0 radical (unpaired) electrons. The number of carbonyl (C=O) groups is 1. The lowest BCUT2D eigenvalue weighted by atomic mass is 10.0. The minimum Gasteiger partial charge on any atom is -0.394 e. The van der Waals surface area contributed by atoms with E-state index in [0.717, 1.165) is 0 Å². The number of benzene rings is 1. The third-order valence-electron chi connectivity index (χ3n) is 2.22. The van der Waals surface area contributed by atoms with Gasteiger partial charge in [-0.15, -0.1) is 12.6 Å². The van der Waals surface area contributed by atoms with E-state index < -0.39 is 5.54 Å². The van der Waals surface area contributed by atoms with Gasteiger partial charge in [-0.25, -0.2) is 0 Å². The molecule has 88 valence electrons. The predicted octanol–water partition coefficient (Wildman–Crippen LogP) is 0.448. The van der Waals surface area contributed by atoms with Crippen molar-refractivity contribution in [2.45, 2.75) is 17.4 Å². The van der Waals surface area contributed by atoms with Gasteiger partial charge in [0.05, 0.1) is 18.8 Å². The molecule has 0 spiro atoms. The predicted molar refractivity (Wildman–Crippen MR) is 63.7 cm³/mol. The maximum Gasteiger partial charge on any atom is 0.251 e. The first-order valence-corrected chi connectivity index (χ1v) is 5.29. The molecule has 1 aromatic carbocycles. The van der Waals surface area contributed by atoms with Gasteiger partial charge in [0.2, 0.25) is 0 Å². The van der Waals surface area contributed by atoms with Crippen LogP contribution in [0.1, 0.15) is 17.3 Å². The van der Waals surface area contributed by atoms with Gasteiger partial charge in [0.1, 0.15) is 0 Å². The Kier molecular flexibility index (Phi) is 4.35. The molecule has 3 N–H and O–H groups in total. The maximum atomic E-state index is 11.8. The molecule has 16 heavy (non-hydrogen) atoms. The van der Waals surface area contributed by atoms with Crippen molar-refractivity contribution in [2.75, 3.05) is 13.2 Å². The summed E-state index contributed by atoms with van der Waals surface area (Å²) in [5, 5.41) is 20.7. The Balaban J connectivity index is 2.80. The fourth-order valence-corrected chi connectivity index (χ4v) is 1.35. The largest absolute Gasteiger partial charge is 0.394 e. The number of rotatable bonds is 4. The third kappa shape index (κ3) is 3.23. The number of aliphatic hydroxyl groups excluding tert-OH is 2. The van der Waals surface area contributed by atoms with Crippen molar-refractivity contribution in [3.8, 4) is 0 Å². The Morgan fingerprint density at radius 1 is 1.44 bits per heavy atom. The van der Waals surface area contributed by atoms with E-state index >= 15 is 0 Å². The first-order chi connectivity index (χ1) is 7.50. The van der Waals surface area contributed by atoms with E-state index in [1.807, 2.05) is 0 Å². The van der Waals surface area contributed by atoms with E-state index in [1.54, 1.807) is 31.2 Å². The van der Waals surface area contributed by atoms with Gasteiger partial charge < -0.3 is 15.5 Å². The smallest absolute Gasteiger partial charge is 0.251 e. The monoisotopic (exact) mass is 241 g/mol. The molecule has 0 fully saturated rings. The Hall–Kier alpha value is -1.04. The molecule has 1 aromatic rings. The van der Waals surface area contributed by atoms with Gasteiger partial charge in [-0.3, -0.25) is 4.79 Å². The number of thiol groups is 1. The molecular weight excluding hydrogens is 226 g/mol. The van der Waals surface area contributed by atoms with Gasteiger partial charge in [-0.2, -0.15) is 0 Å². The Morgan fingerprint density at radius 2 is 2.06 bits per heavy atom. The average molecular weight is 241 g/mol. The molecule has 1 rings (SSSR count). The van der Waals surface area contributed by atoms with E-state index in [2.05, 4.69) is 17.9 Å². The highest BCUT2D eigenvalue weighted by Crippen LogP contribution is 2.10. The van der Waals surface area contributed by atoms with Crippen LogP contribution in [0.2, 0.25) is 0 Å². The fraction of sp³-hybridized carbons (Fsp3) is 0.364. The van der Waals surface area contributed by atoms with Gasteiger partial charge in [-0.05, 0) is 25.1 Å². The van der Waals surface area contributed by atoms with E-state index in [9.17, 15) is 4.79 Å².